The number of halogens is 1. The number of rotatable bonds is 2. The number of nitrogens with zero attached hydrogens (tertiary/aromatic N) is 1. The number of thiophene rings is 1. The molecule has 2 aromatic rings. The predicted molar refractivity (Wildman–Crippen MR) is 72.0 cm³/mol. The molecule has 0 unspecified atom stereocenters. The Labute approximate surface area is 115 Å². The molecular weight excluding hydrogens is 285 g/mol. The molecule has 0 saturated heterocycles. The summed E-state index contributed by atoms with van der Waals surface area (Å²) in [5.41, 5.74) is 2.21. The quantitative estimate of drug-likeness (QED) is 0.854. The molecule has 0 fully saturated rings. The molecule has 19 heavy (non-hydrogen) atoms. The first-order chi connectivity index (χ1) is 9.07. The topological polar surface area (TPSA) is 37.4 Å². The summed E-state index contributed by atoms with van der Waals surface area (Å²) in [6, 6.07) is 10.3. The fourth-order valence-corrected chi connectivity index (χ4v) is 4.81. The van der Waals surface area contributed by atoms with E-state index in [1.807, 2.05) is 24.3 Å². The summed E-state index contributed by atoms with van der Waals surface area (Å²) in [6.07, 6.45) is 0.698. The van der Waals surface area contributed by atoms with Gasteiger partial charge in [-0.2, -0.15) is 8.70 Å². The van der Waals surface area contributed by atoms with E-state index in [1.54, 1.807) is 0 Å². The Hall–Kier alpha value is -1.24. The van der Waals surface area contributed by atoms with Crippen LogP contribution in [0.5, 0.6) is 0 Å². The molecule has 3 rings (SSSR count). The van der Waals surface area contributed by atoms with E-state index in [0.29, 0.717) is 30.8 Å². The zero-order valence-corrected chi connectivity index (χ0v) is 11.7. The minimum Gasteiger partial charge on any atom is -0.206 e. The lowest BCUT2D eigenvalue weighted by molar-refractivity contribution is 0.392. The lowest BCUT2D eigenvalue weighted by atomic mass is 10.0. The third-order valence-corrected chi connectivity index (χ3v) is 6.42. The summed E-state index contributed by atoms with van der Waals surface area (Å²) < 4.78 is 39.3. The van der Waals surface area contributed by atoms with Crippen molar-refractivity contribution in [2.75, 3.05) is 6.54 Å². The molecule has 0 radical (unpaired) electrons. The van der Waals surface area contributed by atoms with Gasteiger partial charge in [-0.1, -0.05) is 35.6 Å². The van der Waals surface area contributed by atoms with E-state index < -0.39 is 15.2 Å². The zero-order valence-electron chi connectivity index (χ0n) is 10.0. The number of benzene rings is 1. The highest BCUT2D eigenvalue weighted by atomic mass is 32.2. The SMILES string of the molecule is O=S(=O)(c1ccc(F)s1)N1CCc2ccccc2C1. The Bertz CT molecular complexity index is 709. The van der Waals surface area contributed by atoms with Crippen LogP contribution in [0, 0.1) is 5.13 Å². The van der Waals surface area contributed by atoms with Crippen molar-refractivity contribution in [3.05, 3.63) is 52.7 Å². The third-order valence-electron chi connectivity index (χ3n) is 3.24. The maximum absolute atomic E-state index is 13.0. The number of hydrogen-bond acceptors (Lipinski definition) is 3. The second kappa shape index (κ2) is 4.70. The van der Waals surface area contributed by atoms with Crippen LogP contribution in [0.1, 0.15) is 11.1 Å². The molecule has 6 heteroatoms. The molecule has 0 atom stereocenters. The molecule has 0 amide bonds. The third kappa shape index (κ3) is 2.31. The van der Waals surface area contributed by atoms with Crippen molar-refractivity contribution in [3.63, 3.8) is 0 Å². The first-order valence-corrected chi connectivity index (χ1v) is 8.15. The van der Waals surface area contributed by atoms with E-state index in [2.05, 4.69) is 0 Å². The summed E-state index contributed by atoms with van der Waals surface area (Å²) in [5, 5.41) is -0.476. The van der Waals surface area contributed by atoms with Crippen molar-refractivity contribution in [2.45, 2.75) is 17.2 Å². The molecule has 2 heterocycles. The molecule has 0 saturated carbocycles. The number of sulfonamides is 1. The van der Waals surface area contributed by atoms with Gasteiger partial charge in [-0.3, -0.25) is 0 Å². The van der Waals surface area contributed by atoms with Crippen LogP contribution in [0.15, 0.2) is 40.6 Å². The van der Waals surface area contributed by atoms with E-state index in [-0.39, 0.29) is 4.21 Å². The molecule has 1 aliphatic heterocycles. The molecule has 1 aromatic heterocycles. The molecule has 3 nitrogen and oxygen atoms in total. The van der Waals surface area contributed by atoms with Gasteiger partial charge < -0.3 is 0 Å². The van der Waals surface area contributed by atoms with Crippen molar-refractivity contribution in [2.24, 2.45) is 0 Å². The summed E-state index contributed by atoms with van der Waals surface area (Å²) in [7, 11) is -3.57. The van der Waals surface area contributed by atoms with Crippen molar-refractivity contribution in [1.29, 1.82) is 0 Å². The van der Waals surface area contributed by atoms with E-state index in [1.165, 1.54) is 22.0 Å². The first kappa shape index (κ1) is 12.8. The Morgan fingerprint density at radius 2 is 1.84 bits per heavy atom. The lowest BCUT2D eigenvalue weighted by Gasteiger charge is -2.27. The van der Waals surface area contributed by atoms with Gasteiger partial charge in [0.15, 0.2) is 5.13 Å². The Balaban J connectivity index is 1.93. The maximum atomic E-state index is 13.0. The predicted octanol–water partition coefficient (Wildman–Crippen LogP) is 2.63. The fraction of sp³-hybridized carbons (Fsp3) is 0.231. The minimum atomic E-state index is -3.57. The van der Waals surface area contributed by atoms with Crippen LogP contribution in [-0.2, 0) is 23.0 Å². The van der Waals surface area contributed by atoms with Crippen molar-refractivity contribution in [3.8, 4) is 0 Å². The van der Waals surface area contributed by atoms with Gasteiger partial charge in [-0.15, -0.1) is 0 Å². The minimum absolute atomic E-state index is 0.0735. The molecule has 0 aliphatic carbocycles. The molecule has 1 aromatic carbocycles. The smallest absolute Gasteiger partial charge is 0.206 e. The van der Waals surface area contributed by atoms with Gasteiger partial charge in [0.1, 0.15) is 4.21 Å². The number of hydrogen-bond donors (Lipinski definition) is 0. The normalized spacial score (nSPS) is 16.3. The molecule has 1 aliphatic rings. The second-order valence-corrected chi connectivity index (χ2v) is 7.61. The highest BCUT2D eigenvalue weighted by molar-refractivity contribution is 7.91. The van der Waals surface area contributed by atoms with E-state index in [0.717, 1.165) is 5.56 Å². The highest BCUT2D eigenvalue weighted by Crippen LogP contribution is 2.28. The van der Waals surface area contributed by atoms with Crippen LogP contribution in [0.3, 0.4) is 0 Å². The van der Waals surface area contributed by atoms with E-state index in [4.69, 9.17) is 0 Å². The largest absolute Gasteiger partial charge is 0.252 e. The van der Waals surface area contributed by atoms with Crippen molar-refractivity contribution < 1.29 is 12.8 Å². The molecule has 0 bridgehead atoms. The van der Waals surface area contributed by atoms with Crippen LogP contribution in [0.4, 0.5) is 4.39 Å². The van der Waals surface area contributed by atoms with Gasteiger partial charge in [-0.05, 0) is 29.7 Å². The van der Waals surface area contributed by atoms with Gasteiger partial charge in [0.05, 0.1) is 0 Å². The zero-order chi connectivity index (χ0) is 13.5. The summed E-state index contributed by atoms with van der Waals surface area (Å²) in [6.45, 7) is 0.802. The monoisotopic (exact) mass is 297 g/mol. The van der Waals surface area contributed by atoms with Gasteiger partial charge in [0.25, 0.3) is 10.0 Å². The Kier molecular flexibility index (Phi) is 3.16. The van der Waals surface area contributed by atoms with Crippen LogP contribution in [0.25, 0.3) is 0 Å². The average Bonchev–Trinajstić information content (AvgIpc) is 2.85. The average molecular weight is 297 g/mol. The Morgan fingerprint density at radius 1 is 1.11 bits per heavy atom. The van der Waals surface area contributed by atoms with Gasteiger partial charge >= 0.3 is 0 Å². The van der Waals surface area contributed by atoms with Crippen LogP contribution in [0.2, 0.25) is 0 Å². The maximum Gasteiger partial charge on any atom is 0.252 e. The Morgan fingerprint density at radius 3 is 2.53 bits per heavy atom. The van der Waals surface area contributed by atoms with Gasteiger partial charge in [-0.25, -0.2) is 8.42 Å². The van der Waals surface area contributed by atoms with Crippen molar-refractivity contribution >= 4 is 21.4 Å². The molecular formula is C13H12FNO2S2. The van der Waals surface area contributed by atoms with Gasteiger partial charge in [0.2, 0.25) is 0 Å². The molecule has 0 N–H and O–H groups in total. The highest BCUT2D eigenvalue weighted by Gasteiger charge is 2.29. The van der Waals surface area contributed by atoms with E-state index in [9.17, 15) is 12.8 Å². The second-order valence-electron chi connectivity index (χ2n) is 4.42. The van der Waals surface area contributed by atoms with Crippen LogP contribution >= 0.6 is 11.3 Å². The van der Waals surface area contributed by atoms with Crippen LogP contribution in [-0.4, -0.2) is 19.3 Å². The summed E-state index contributed by atoms with van der Waals surface area (Å²) >= 11 is 0.673. The lowest BCUT2D eigenvalue weighted by Crippen LogP contribution is -2.35. The standard InChI is InChI=1S/C13H12FNO2S2/c14-12-5-6-13(18-12)19(16,17)15-8-7-10-3-1-2-4-11(10)9-15/h1-6H,7-9H2. The van der Waals surface area contributed by atoms with Crippen molar-refractivity contribution in [1.82, 2.24) is 4.31 Å². The number of fused-ring (bicyclic) bond motifs is 1. The molecule has 100 valence electrons. The molecule has 0 spiro atoms. The van der Waals surface area contributed by atoms with E-state index >= 15 is 0 Å². The summed E-state index contributed by atoms with van der Waals surface area (Å²) in [5.74, 6) is 0. The summed E-state index contributed by atoms with van der Waals surface area (Å²) in [4.78, 5) is 0. The van der Waals surface area contributed by atoms with Crippen LogP contribution < -0.4 is 0 Å². The fourth-order valence-electron chi connectivity index (χ4n) is 2.24. The van der Waals surface area contributed by atoms with Gasteiger partial charge in [0, 0.05) is 13.1 Å². The first-order valence-electron chi connectivity index (χ1n) is 5.89.